The number of carboxylic acid groups (broad SMARTS) is 1. The molecule has 104 valence electrons. The number of ether oxygens (including phenoxy) is 1. The molecular formula is C11H15N3O5. The van der Waals surface area contributed by atoms with E-state index in [2.05, 4.69) is 10.4 Å². The lowest BCUT2D eigenvalue weighted by Gasteiger charge is -2.07. The van der Waals surface area contributed by atoms with Gasteiger partial charge in [-0.25, -0.2) is 4.79 Å². The molecule has 0 atom stereocenters. The number of rotatable bonds is 5. The van der Waals surface area contributed by atoms with Gasteiger partial charge in [0.1, 0.15) is 17.8 Å². The number of nitrogens with one attached hydrogen (secondary N) is 1. The third kappa shape index (κ3) is 3.54. The molecule has 0 aliphatic heterocycles. The van der Waals surface area contributed by atoms with Gasteiger partial charge in [-0.3, -0.25) is 14.3 Å². The number of anilines is 1. The Balaban J connectivity index is 3.03. The normalized spacial score (nSPS) is 10.1. The zero-order valence-corrected chi connectivity index (χ0v) is 10.9. The van der Waals surface area contributed by atoms with Gasteiger partial charge in [0, 0.05) is 7.05 Å². The van der Waals surface area contributed by atoms with Crippen molar-refractivity contribution in [3.63, 3.8) is 0 Å². The topological polar surface area (TPSA) is 111 Å². The smallest absolute Gasteiger partial charge is 0.343 e. The van der Waals surface area contributed by atoms with E-state index in [0.29, 0.717) is 5.69 Å². The Kier molecular flexibility index (Phi) is 4.62. The highest BCUT2D eigenvalue weighted by atomic mass is 16.5. The molecule has 0 fully saturated rings. The Morgan fingerprint density at radius 3 is 2.58 bits per heavy atom. The van der Waals surface area contributed by atoms with Gasteiger partial charge < -0.3 is 15.2 Å². The lowest BCUT2D eigenvalue weighted by atomic mass is 10.2. The Bertz CT molecular complexity index is 521. The summed E-state index contributed by atoms with van der Waals surface area (Å²) in [6, 6.07) is 0. The largest absolute Gasteiger partial charge is 0.481 e. The van der Waals surface area contributed by atoms with Crippen LogP contribution in [0, 0.1) is 6.92 Å². The summed E-state index contributed by atoms with van der Waals surface area (Å²) in [6.07, 6.45) is -0.688. The monoisotopic (exact) mass is 269 g/mol. The number of aromatic nitrogens is 2. The molecule has 0 bridgehead atoms. The average Bonchev–Trinajstić information content (AvgIpc) is 2.52. The van der Waals surface area contributed by atoms with Crippen molar-refractivity contribution >= 4 is 23.7 Å². The molecule has 1 aromatic rings. The van der Waals surface area contributed by atoms with Crippen molar-refractivity contribution in [3.8, 4) is 0 Å². The van der Waals surface area contributed by atoms with Gasteiger partial charge in [-0.2, -0.15) is 5.10 Å². The van der Waals surface area contributed by atoms with E-state index in [1.54, 1.807) is 13.8 Å². The minimum atomic E-state index is -1.26. The molecule has 8 nitrogen and oxygen atoms in total. The number of carboxylic acids is 1. The van der Waals surface area contributed by atoms with Crippen LogP contribution in [0.2, 0.25) is 0 Å². The lowest BCUT2D eigenvalue weighted by molar-refractivity contribution is -0.139. The first-order chi connectivity index (χ1) is 8.86. The summed E-state index contributed by atoms with van der Waals surface area (Å²) in [5.74, 6) is -2.48. The first-order valence-corrected chi connectivity index (χ1v) is 5.59. The summed E-state index contributed by atoms with van der Waals surface area (Å²) in [5.41, 5.74) is 0.523. The minimum absolute atomic E-state index is 0.127. The van der Waals surface area contributed by atoms with Gasteiger partial charge in [-0.1, -0.05) is 0 Å². The molecule has 0 radical (unpaired) electrons. The van der Waals surface area contributed by atoms with E-state index in [0.717, 1.165) is 0 Å². The Labute approximate surface area is 109 Å². The number of carbonyl (C=O) groups is 3. The number of hydrogen-bond donors (Lipinski definition) is 2. The second-order valence-corrected chi connectivity index (χ2v) is 3.77. The zero-order valence-electron chi connectivity index (χ0n) is 10.9. The zero-order chi connectivity index (χ0) is 14.6. The van der Waals surface area contributed by atoms with Crippen LogP contribution in [-0.2, 0) is 21.4 Å². The summed E-state index contributed by atoms with van der Waals surface area (Å²) in [7, 11) is 1.53. The quantitative estimate of drug-likeness (QED) is 0.588. The van der Waals surface area contributed by atoms with Gasteiger partial charge in [-0.05, 0) is 13.8 Å². The third-order valence-electron chi connectivity index (χ3n) is 2.27. The molecule has 1 aromatic heterocycles. The fraction of sp³-hybridized carbons (Fsp3) is 0.455. The van der Waals surface area contributed by atoms with Crippen LogP contribution in [0.5, 0.6) is 0 Å². The standard InChI is InChI=1S/C11H15N3O5/c1-4-19-11(18)9-6(2)13-14(3)10(9)12-7(15)5-8(16)17/h4-5H2,1-3H3,(H,12,15)(H,16,17). The molecule has 8 heteroatoms. The van der Waals surface area contributed by atoms with Gasteiger partial charge in [0.05, 0.1) is 12.3 Å². The van der Waals surface area contributed by atoms with E-state index in [4.69, 9.17) is 9.84 Å². The maximum absolute atomic E-state index is 11.8. The van der Waals surface area contributed by atoms with Crippen molar-refractivity contribution in [2.45, 2.75) is 20.3 Å². The average molecular weight is 269 g/mol. The summed E-state index contributed by atoms with van der Waals surface area (Å²) < 4.78 is 6.16. The first kappa shape index (κ1) is 14.7. The third-order valence-corrected chi connectivity index (χ3v) is 2.27. The van der Waals surface area contributed by atoms with Crippen molar-refractivity contribution < 1.29 is 24.2 Å². The molecule has 0 saturated carbocycles. The fourth-order valence-corrected chi connectivity index (χ4v) is 1.56. The number of carbonyl (C=O) groups excluding carboxylic acids is 2. The molecule has 0 spiro atoms. The lowest BCUT2D eigenvalue weighted by Crippen LogP contribution is -2.20. The molecule has 0 aliphatic carbocycles. The van der Waals surface area contributed by atoms with Crippen LogP contribution in [0.3, 0.4) is 0 Å². The highest BCUT2D eigenvalue weighted by Gasteiger charge is 2.23. The van der Waals surface area contributed by atoms with Crippen LogP contribution in [0.25, 0.3) is 0 Å². The molecular weight excluding hydrogens is 254 g/mol. The SMILES string of the molecule is CCOC(=O)c1c(C)nn(C)c1NC(=O)CC(=O)O. The molecule has 1 amide bonds. The molecule has 1 heterocycles. The van der Waals surface area contributed by atoms with Crippen LogP contribution in [0.15, 0.2) is 0 Å². The van der Waals surface area contributed by atoms with Crippen molar-refractivity contribution in [1.29, 1.82) is 0 Å². The minimum Gasteiger partial charge on any atom is -0.481 e. The van der Waals surface area contributed by atoms with Gasteiger partial charge in [0.15, 0.2) is 0 Å². The number of hydrogen-bond acceptors (Lipinski definition) is 5. The van der Waals surface area contributed by atoms with Gasteiger partial charge in [0.25, 0.3) is 0 Å². The number of aryl methyl sites for hydroxylation is 2. The Hall–Kier alpha value is -2.38. The molecule has 1 rings (SSSR count). The molecule has 19 heavy (non-hydrogen) atoms. The number of esters is 1. The molecule has 0 saturated heterocycles. The van der Waals surface area contributed by atoms with E-state index in [1.165, 1.54) is 11.7 Å². The van der Waals surface area contributed by atoms with E-state index in [9.17, 15) is 14.4 Å². The molecule has 2 N–H and O–H groups in total. The van der Waals surface area contributed by atoms with Crippen LogP contribution in [0.1, 0.15) is 29.4 Å². The van der Waals surface area contributed by atoms with E-state index < -0.39 is 24.3 Å². The Morgan fingerprint density at radius 2 is 2.05 bits per heavy atom. The number of aliphatic carboxylic acids is 1. The maximum atomic E-state index is 11.8. The van der Waals surface area contributed by atoms with Crippen molar-refractivity contribution in [3.05, 3.63) is 11.3 Å². The van der Waals surface area contributed by atoms with Crippen LogP contribution < -0.4 is 5.32 Å². The second kappa shape index (κ2) is 5.98. The van der Waals surface area contributed by atoms with Crippen LogP contribution >= 0.6 is 0 Å². The highest BCUT2D eigenvalue weighted by Crippen LogP contribution is 2.20. The van der Waals surface area contributed by atoms with E-state index >= 15 is 0 Å². The summed E-state index contributed by atoms with van der Waals surface area (Å²) >= 11 is 0. The molecule has 0 unspecified atom stereocenters. The summed E-state index contributed by atoms with van der Waals surface area (Å²) in [5, 5.41) is 14.9. The molecule has 0 aromatic carbocycles. The predicted molar refractivity (Wildman–Crippen MR) is 64.8 cm³/mol. The number of nitrogens with zero attached hydrogens (tertiary/aromatic N) is 2. The van der Waals surface area contributed by atoms with E-state index in [-0.39, 0.29) is 18.0 Å². The van der Waals surface area contributed by atoms with Gasteiger partial charge >= 0.3 is 11.9 Å². The summed E-state index contributed by atoms with van der Waals surface area (Å²) in [6.45, 7) is 3.45. The van der Waals surface area contributed by atoms with Crippen LogP contribution in [0.4, 0.5) is 5.82 Å². The van der Waals surface area contributed by atoms with Gasteiger partial charge in [-0.15, -0.1) is 0 Å². The van der Waals surface area contributed by atoms with Gasteiger partial charge in [0.2, 0.25) is 5.91 Å². The first-order valence-electron chi connectivity index (χ1n) is 5.59. The van der Waals surface area contributed by atoms with Crippen molar-refractivity contribution in [2.24, 2.45) is 7.05 Å². The summed E-state index contributed by atoms with van der Waals surface area (Å²) in [4.78, 5) is 33.6. The maximum Gasteiger partial charge on any atom is 0.343 e. The van der Waals surface area contributed by atoms with E-state index in [1.807, 2.05) is 0 Å². The molecule has 0 aliphatic rings. The van der Waals surface area contributed by atoms with Crippen LogP contribution in [-0.4, -0.2) is 39.3 Å². The number of amides is 1. The van der Waals surface area contributed by atoms with Crippen molar-refractivity contribution in [1.82, 2.24) is 9.78 Å². The Morgan fingerprint density at radius 1 is 1.42 bits per heavy atom. The van der Waals surface area contributed by atoms with Crippen molar-refractivity contribution in [2.75, 3.05) is 11.9 Å². The second-order valence-electron chi connectivity index (χ2n) is 3.77. The fourth-order valence-electron chi connectivity index (χ4n) is 1.56. The highest BCUT2D eigenvalue weighted by molar-refractivity contribution is 6.05. The predicted octanol–water partition coefficient (Wildman–Crippen LogP) is 0.318.